The van der Waals surface area contributed by atoms with Gasteiger partial charge in [0.25, 0.3) is 0 Å². The molecule has 0 atom stereocenters. The van der Waals surface area contributed by atoms with Gasteiger partial charge in [0.2, 0.25) is 0 Å². The number of rotatable bonds is 7. The lowest BCUT2D eigenvalue weighted by Gasteiger charge is -2.24. The number of nitrogens with one attached hydrogen (secondary N) is 2. The standard InChI is InChI=1S/C15H25N3O3S.HI/c1-15(2,22(4,19)20)12-18-14(16-3)17-10-11-21-13-8-6-5-7-9-13;/h5-9H,10-12H2,1-4H3,(H2,16,17,18);1H. The minimum Gasteiger partial charge on any atom is -0.492 e. The Bertz CT molecular complexity index is 589. The summed E-state index contributed by atoms with van der Waals surface area (Å²) in [5.74, 6) is 1.36. The third-order valence-electron chi connectivity index (χ3n) is 3.32. The molecule has 0 saturated carbocycles. The molecule has 0 aliphatic carbocycles. The van der Waals surface area contributed by atoms with Crippen LogP contribution in [0.3, 0.4) is 0 Å². The number of guanidine groups is 1. The Hall–Kier alpha value is -1.03. The fourth-order valence-electron chi connectivity index (χ4n) is 1.50. The lowest BCUT2D eigenvalue weighted by Crippen LogP contribution is -2.48. The molecule has 0 amide bonds. The third kappa shape index (κ3) is 7.87. The van der Waals surface area contributed by atoms with Crippen molar-refractivity contribution in [1.82, 2.24) is 10.6 Å². The number of para-hydroxylation sites is 1. The number of hydrogen-bond donors (Lipinski definition) is 2. The van der Waals surface area contributed by atoms with Gasteiger partial charge in [-0.3, -0.25) is 4.99 Å². The van der Waals surface area contributed by atoms with Crippen LogP contribution in [0.2, 0.25) is 0 Å². The van der Waals surface area contributed by atoms with Crippen molar-refractivity contribution in [3.8, 4) is 5.75 Å². The minimum absolute atomic E-state index is 0. The number of ether oxygens (including phenoxy) is 1. The first-order valence-corrected chi connectivity index (χ1v) is 8.97. The van der Waals surface area contributed by atoms with E-state index in [4.69, 9.17) is 4.74 Å². The second kappa shape index (κ2) is 9.96. The van der Waals surface area contributed by atoms with Gasteiger partial charge in [0.05, 0.1) is 11.3 Å². The summed E-state index contributed by atoms with van der Waals surface area (Å²) in [4.78, 5) is 4.06. The monoisotopic (exact) mass is 455 g/mol. The van der Waals surface area contributed by atoms with Crippen molar-refractivity contribution in [1.29, 1.82) is 0 Å². The maximum absolute atomic E-state index is 11.7. The summed E-state index contributed by atoms with van der Waals surface area (Å²) in [5, 5.41) is 6.10. The van der Waals surface area contributed by atoms with Gasteiger partial charge in [0, 0.05) is 19.8 Å². The van der Waals surface area contributed by atoms with E-state index in [1.807, 2.05) is 30.3 Å². The number of sulfone groups is 1. The van der Waals surface area contributed by atoms with Crippen molar-refractivity contribution in [3.63, 3.8) is 0 Å². The van der Waals surface area contributed by atoms with Crippen LogP contribution in [0.15, 0.2) is 35.3 Å². The van der Waals surface area contributed by atoms with E-state index in [1.165, 1.54) is 6.26 Å². The number of benzene rings is 1. The first kappa shape index (κ1) is 22.0. The molecule has 1 rings (SSSR count). The molecule has 0 saturated heterocycles. The Balaban J connectivity index is 0.00000484. The predicted octanol–water partition coefficient (Wildman–Crippen LogP) is 1.67. The van der Waals surface area contributed by atoms with Crippen LogP contribution in [0, 0.1) is 0 Å². The highest BCUT2D eigenvalue weighted by Gasteiger charge is 2.30. The number of halogens is 1. The SMILES string of the molecule is CN=C(NCCOc1ccccc1)NCC(C)(C)S(C)(=O)=O.I. The first-order chi connectivity index (χ1) is 10.3. The van der Waals surface area contributed by atoms with E-state index in [9.17, 15) is 8.42 Å². The fourth-order valence-corrected chi connectivity index (χ4v) is 1.84. The van der Waals surface area contributed by atoms with Crippen LogP contribution in [0.5, 0.6) is 5.75 Å². The van der Waals surface area contributed by atoms with E-state index in [1.54, 1.807) is 20.9 Å². The summed E-state index contributed by atoms with van der Waals surface area (Å²) >= 11 is 0. The first-order valence-electron chi connectivity index (χ1n) is 7.08. The molecule has 2 N–H and O–H groups in total. The Kier molecular flexibility index (Phi) is 9.52. The molecule has 0 aliphatic rings. The van der Waals surface area contributed by atoms with Gasteiger partial charge in [-0.25, -0.2) is 8.42 Å². The molecule has 0 spiro atoms. The molecule has 0 fully saturated rings. The lowest BCUT2D eigenvalue weighted by molar-refractivity contribution is 0.322. The Morgan fingerprint density at radius 2 is 1.83 bits per heavy atom. The van der Waals surface area contributed by atoms with Gasteiger partial charge in [0.1, 0.15) is 12.4 Å². The molecule has 1 aromatic carbocycles. The van der Waals surface area contributed by atoms with Gasteiger partial charge in [-0.2, -0.15) is 0 Å². The van der Waals surface area contributed by atoms with Gasteiger partial charge >= 0.3 is 0 Å². The molecule has 23 heavy (non-hydrogen) atoms. The van der Waals surface area contributed by atoms with Crippen LogP contribution >= 0.6 is 24.0 Å². The van der Waals surface area contributed by atoms with E-state index in [0.717, 1.165) is 5.75 Å². The summed E-state index contributed by atoms with van der Waals surface area (Å²) in [7, 11) is -1.50. The number of aliphatic imine (C=N–C) groups is 1. The molecular formula is C15H26IN3O3S. The summed E-state index contributed by atoms with van der Waals surface area (Å²) in [6, 6.07) is 9.54. The summed E-state index contributed by atoms with van der Waals surface area (Å²) in [5.41, 5.74) is 0. The molecule has 0 aliphatic heterocycles. The van der Waals surface area contributed by atoms with Gasteiger partial charge < -0.3 is 15.4 Å². The lowest BCUT2D eigenvalue weighted by atomic mass is 10.2. The average Bonchev–Trinajstić information content (AvgIpc) is 2.46. The summed E-state index contributed by atoms with van der Waals surface area (Å²) in [6.07, 6.45) is 1.23. The van der Waals surface area contributed by atoms with Crippen LogP contribution in [-0.4, -0.2) is 52.1 Å². The molecule has 0 aromatic heterocycles. The quantitative estimate of drug-likeness (QED) is 0.283. The van der Waals surface area contributed by atoms with Crippen molar-refractivity contribution < 1.29 is 13.2 Å². The van der Waals surface area contributed by atoms with E-state index in [2.05, 4.69) is 15.6 Å². The highest BCUT2D eigenvalue weighted by molar-refractivity contribution is 14.0. The topological polar surface area (TPSA) is 79.8 Å². The molecule has 0 radical (unpaired) electrons. The Morgan fingerprint density at radius 1 is 1.22 bits per heavy atom. The number of nitrogens with zero attached hydrogens (tertiary/aromatic N) is 1. The van der Waals surface area contributed by atoms with Crippen molar-refractivity contribution in [2.75, 3.05) is 33.0 Å². The second-order valence-corrected chi connectivity index (χ2v) is 8.20. The van der Waals surface area contributed by atoms with Gasteiger partial charge in [0.15, 0.2) is 15.8 Å². The van der Waals surface area contributed by atoms with Gasteiger partial charge in [-0.05, 0) is 26.0 Å². The Labute approximate surface area is 156 Å². The highest BCUT2D eigenvalue weighted by atomic mass is 127. The van der Waals surface area contributed by atoms with Crippen molar-refractivity contribution in [3.05, 3.63) is 30.3 Å². The van der Waals surface area contributed by atoms with Crippen molar-refractivity contribution >= 4 is 39.8 Å². The summed E-state index contributed by atoms with van der Waals surface area (Å²) in [6.45, 7) is 4.70. The third-order valence-corrected chi connectivity index (χ3v) is 5.47. The second-order valence-electron chi connectivity index (χ2n) is 5.55. The zero-order chi connectivity index (χ0) is 16.6. The molecular weight excluding hydrogens is 429 g/mol. The Morgan fingerprint density at radius 3 is 2.35 bits per heavy atom. The highest BCUT2D eigenvalue weighted by Crippen LogP contribution is 2.13. The van der Waals surface area contributed by atoms with Crippen LogP contribution in [0.4, 0.5) is 0 Å². The van der Waals surface area contributed by atoms with Crippen molar-refractivity contribution in [2.24, 2.45) is 4.99 Å². The maximum Gasteiger partial charge on any atom is 0.191 e. The molecule has 0 heterocycles. The molecule has 8 heteroatoms. The fraction of sp³-hybridized carbons (Fsp3) is 0.533. The molecule has 132 valence electrons. The van der Waals surface area contributed by atoms with Gasteiger partial charge in [-0.1, -0.05) is 18.2 Å². The van der Waals surface area contributed by atoms with E-state index >= 15 is 0 Å². The molecule has 0 bridgehead atoms. The van der Waals surface area contributed by atoms with Crippen molar-refractivity contribution in [2.45, 2.75) is 18.6 Å². The zero-order valence-corrected chi connectivity index (χ0v) is 17.1. The normalized spacial score (nSPS) is 12.3. The van der Waals surface area contributed by atoms with Crippen LogP contribution in [-0.2, 0) is 9.84 Å². The zero-order valence-electron chi connectivity index (χ0n) is 14.0. The van der Waals surface area contributed by atoms with E-state index in [-0.39, 0.29) is 30.5 Å². The van der Waals surface area contributed by atoms with E-state index in [0.29, 0.717) is 19.1 Å². The summed E-state index contributed by atoms with van der Waals surface area (Å²) < 4.78 is 28.0. The van der Waals surface area contributed by atoms with Crippen LogP contribution < -0.4 is 15.4 Å². The largest absolute Gasteiger partial charge is 0.492 e. The van der Waals surface area contributed by atoms with Crippen LogP contribution in [0.25, 0.3) is 0 Å². The molecule has 1 aromatic rings. The number of hydrogen-bond acceptors (Lipinski definition) is 4. The molecule has 0 unspecified atom stereocenters. The maximum atomic E-state index is 11.7. The van der Waals surface area contributed by atoms with E-state index < -0.39 is 14.6 Å². The molecule has 6 nitrogen and oxygen atoms in total. The van der Waals surface area contributed by atoms with Gasteiger partial charge in [-0.15, -0.1) is 24.0 Å². The average molecular weight is 455 g/mol. The predicted molar refractivity (Wildman–Crippen MR) is 106 cm³/mol. The van der Waals surface area contributed by atoms with Crippen LogP contribution in [0.1, 0.15) is 13.8 Å². The smallest absolute Gasteiger partial charge is 0.191 e. The minimum atomic E-state index is -3.14.